The summed E-state index contributed by atoms with van der Waals surface area (Å²) in [7, 11) is 1.57. The van der Waals surface area contributed by atoms with Crippen molar-refractivity contribution in [3.05, 3.63) is 71.9 Å². The smallest absolute Gasteiger partial charge is 0.251 e. The van der Waals surface area contributed by atoms with E-state index in [2.05, 4.69) is 10.5 Å². The minimum atomic E-state index is -0.187. The van der Waals surface area contributed by atoms with Gasteiger partial charge in [-0.15, -0.1) is 0 Å². The molecule has 1 aromatic heterocycles. The van der Waals surface area contributed by atoms with Gasteiger partial charge in [0, 0.05) is 17.2 Å². The second-order valence-corrected chi connectivity index (χ2v) is 4.96. The number of methoxy groups -OCH3 is 1. The third kappa shape index (κ3) is 3.58. The Bertz CT molecular complexity index is 797. The summed E-state index contributed by atoms with van der Waals surface area (Å²) < 4.78 is 10.4. The molecule has 0 fully saturated rings. The minimum Gasteiger partial charge on any atom is -0.497 e. The Balaban J connectivity index is 1.64. The third-order valence-electron chi connectivity index (χ3n) is 3.38. The van der Waals surface area contributed by atoms with Crippen LogP contribution in [0.15, 0.2) is 65.2 Å². The van der Waals surface area contributed by atoms with Crippen LogP contribution < -0.4 is 10.1 Å². The number of ether oxygens (including phenoxy) is 1. The van der Waals surface area contributed by atoms with Gasteiger partial charge in [-0.05, 0) is 18.2 Å². The molecular weight excluding hydrogens is 292 g/mol. The van der Waals surface area contributed by atoms with Crippen LogP contribution in [-0.2, 0) is 6.54 Å². The maximum Gasteiger partial charge on any atom is 0.251 e. The van der Waals surface area contributed by atoms with E-state index in [1.165, 1.54) is 0 Å². The molecule has 0 aliphatic carbocycles. The number of carbonyl (C=O) groups is 1. The SMILES string of the molecule is COc1cccc(C(=O)NCc2cc(-c3ccccc3)on2)c1. The minimum absolute atomic E-state index is 0.187. The predicted octanol–water partition coefficient (Wildman–Crippen LogP) is 3.28. The van der Waals surface area contributed by atoms with Crippen molar-refractivity contribution >= 4 is 5.91 Å². The Morgan fingerprint density at radius 3 is 2.74 bits per heavy atom. The third-order valence-corrected chi connectivity index (χ3v) is 3.38. The molecule has 0 radical (unpaired) electrons. The number of aromatic nitrogens is 1. The molecular formula is C18H16N2O3. The molecule has 116 valence electrons. The Kier molecular flexibility index (Phi) is 4.38. The molecule has 0 saturated carbocycles. The highest BCUT2D eigenvalue weighted by atomic mass is 16.5. The lowest BCUT2D eigenvalue weighted by molar-refractivity contribution is 0.0949. The first-order valence-electron chi connectivity index (χ1n) is 7.19. The van der Waals surface area contributed by atoms with E-state index in [0.29, 0.717) is 29.3 Å². The van der Waals surface area contributed by atoms with E-state index in [-0.39, 0.29) is 5.91 Å². The van der Waals surface area contributed by atoms with E-state index in [9.17, 15) is 4.79 Å². The highest BCUT2D eigenvalue weighted by Crippen LogP contribution is 2.19. The summed E-state index contributed by atoms with van der Waals surface area (Å²) in [4.78, 5) is 12.1. The molecule has 23 heavy (non-hydrogen) atoms. The van der Waals surface area contributed by atoms with Crippen LogP contribution in [0, 0.1) is 0 Å². The van der Waals surface area contributed by atoms with Gasteiger partial charge in [0.1, 0.15) is 11.4 Å². The largest absolute Gasteiger partial charge is 0.497 e. The van der Waals surface area contributed by atoms with Crippen molar-refractivity contribution in [1.82, 2.24) is 10.5 Å². The molecule has 1 heterocycles. The van der Waals surface area contributed by atoms with Crippen LogP contribution in [0.3, 0.4) is 0 Å². The average molecular weight is 308 g/mol. The van der Waals surface area contributed by atoms with Gasteiger partial charge in [0.2, 0.25) is 0 Å². The Morgan fingerprint density at radius 2 is 1.96 bits per heavy atom. The molecule has 0 bridgehead atoms. The van der Waals surface area contributed by atoms with Gasteiger partial charge in [-0.25, -0.2) is 0 Å². The second-order valence-electron chi connectivity index (χ2n) is 4.96. The van der Waals surface area contributed by atoms with Crippen molar-refractivity contribution in [3.63, 3.8) is 0 Å². The summed E-state index contributed by atoms with van der Waals surface area (Å²) in [5.41, 5.74) is 2.15. The van der Waals surface area contributed by atoms with Gasteiger partial charge in [0.25, 0.3) is 5.91 Å². The van der Waals surface area contributed by atoms with Crippen molar-refractivity contribution in [1.29, 1.82) is 0 Å². The fourth-order valence-electron chi connectivity index (χ4n) is 2.17. The van der Waals surface area contributed by atoms with Crippen molar-refractivity contribution in [2.45, 2.75) is 6.54 Å². The maximum absolute atomic E-state index is 12.1. The summed E-state index contributed by atoms with van der Waals surface area (Å²) in [5, 5.41) is 6.79. The molecule has 3 aromatic rings. The van der Waals surface area contributed by atoms with Crippen LogP contribution in [0.1, 0.15) is 16.1 Å². The summed E-state index contributed by atoms with van der Waals surface area (Å²) in [6.45, 7) is 0.298. The zero-order valence-corrected chi connectivity index (χ0v) is 12.7. The molecule has 0 saturated heterocycles. The van der Waals surface area contributed by atoms with Gasteiger partial charge in [0.15, 0.2) is 5.76 Å². The number of rotatable bonds is 5. The quantitative estimate of drug-likeness (QED) is 0.785. The number of hydrogen-bond donors (Lipinski definition) is 1. The molecule has 0 spiro atoms. The Morgan fingerprint density at radius 1 is 1.13 bits per heavy atom. The number of hydrogen-bond acceptors (Lipinski definition) is 4. The zero-order chi connectivity index (χ0) is 16.1. The zero-order valence-electron chi connectivity index (χ0n) is 12.7. The first kappa shape index (κ1) is 14.8. The maximum atomic E-state index is 12.1. The van der Waals surface area contributed by atoms with Crippen LogP contribution in [0.2, 0.25) is 0 Å². The van der Waals surface area contributed by atoms with Crippen LogP contribution in [0.25, 0.3) is 11.3 Å². The fourth-order valence-corrected chi connectivity index (χ4v) is 2.17. The van der Waals surface area contributed by atoms with Gasteiger partial charge in [-0.2, -0.15) is 0 Å². The molecule has 3 rings (SSSR count). The highest BCUT2D eigenvalue weighted by Gasteiger charge is 2.10. The van der Waals surface area contributed by atoms with Crippen molar-refractivity contribution in [2.75, 3.05) is 7.11 Å². The van der Waals surface area contributed by atoms with Gasteiger partial charge in [-0.3, -0.25) is 4.79 Å². The molecule has 1 amide bonds. The summed E-state index contributed by atoms with van der Waals surface area (Å²) >= 11 is 0. The second kappa shape index (κ2) is 6.79. The van der Waals surface area contributed by atoms with Crippen LogP contribution in [0.4, 0.5) is 0 Å². The van der Waals surface area contributed by atoms with E-state index in [1.54, 1.807) is 31.4 Å². The summed E-state index contributed by atoms with van der Waals surface area (Å²) in [6.07, 6.45) is 0. The van der Waals surface area contributed by atoms with E-state index in [4.69, 9.17) is 9.26 Å². The van der Waals surface area contributed by atoms with Crippen LogP contribution in [0.5, 0.6) is 5.75 Å². The molecule has 0 unspecified atom stereocenters. The molecule has 0 aliphatic heterocycles. The number of carbonyl (C=O) groups excluding carboxylic acids is 1. The van der Waals surface area contributed by atoms with Crippen LogP contribution >= 0.6 is 0 Å². The fraction of sp³-hybridized carbons (Fsp3) is 0.111. The lowest BCUT2D eigenvalue weighted by Crippen LogP contribution is -2.22. The van der Waals surface area contributed by atoms with Crippen LogP contribution in [-0.4, -0.2) is 18.2 Å². The van der Waals surface area contributed by atoms with E-state index in [1.807, 2.05) is 36.4 Å². The molecule has 0 atom stereocenters. The van der Waals surface area contributed by atoms with Gasteiger partial charge < -0.3 is 14.6 Å². The number of nitrogens with one attached hydrogen (secondary N) is 1. The van der Waals surface area contributed by atoms with E-state index < -0.39 is 0 Å². The van der Waals surface area contributed by atoms with E-state index >= 15 is 0 Å². The van der Waals surface area contributed by atoms with Gasteiger partial charge >= 0.3 is 0 Å². The Hall–Kier alpha value is -3.08. The lowest BCUT2D eigenvalue weighted by atomic mass is 10.1. The van der Waals surface area contributed by atoms with Crippen molar-refractivity contribution < 1.29 is 14.1 Å². The van der Waals surface area contributed by atoms with Crippen molar-refractivity contribution in [2.24, 2.45) is 0 Å². The normalized spacial score (nSPS) is 10.3. The average Bonchev–Trinajstić information content (AvgIpc) is 3.09. The first-order chi connectivity index (χ1) is 11.3. The standard InChI is InChI=1S/C18H16N2O3/c1-22-16-9-5-8-14(10-16)18(21)19-12-15-11-17(23-20-15)13-6-3-2-4-7-13/h2-11H,12H2,1H3,(H,19,21). The van der Waals surface area contributed by atoms with Gasteiger partial charge in [-0.1, -0.05) is 41.6 Å². The highest BCUT2D eigenvalue weighted by molar-refractivity contribution is 5.94. The topological polar surface area (TPSA) is 64.4 Å². The summed E-state index contributed by atoms with van der Waals surface area (Å²) in [6, 6.07) is 18.5. The molecule has 2 aromatic carbocycles. The number of nitrogens with zero attached hydrogens (tertiary/aromatic N) is 1. The van der Waals surface area contributed by atoms with E-state index in [0.717, 1.165) is 5.56 Å². The van der Waals surface area contributed by atoms with Crippen molar-refractivity contribution in [3.8, 4) is 17.1 Å². The number of amides is 1. The Labute approximate surface area is 133 Å². The predicted molar refractivity (Wildman–Crippen MR) is 86.1 cm³/mol. The molecule has 0 aliphatic rings. The number of benzene rings is 2. The molecule has 1 N–H and O–H groups in total. The molecule has 5 heteroatoms. The first-order valence-corrected chi connectivity index (χ1v) is 7.19. The van der Waals surface area contributed by atoms with Gasteiger partial charge in [0.05, 0.1) is 13.7 Å². The monoisotopic (exact) mass is 308 g/mol. The lowest BCUT2D eigenvalue weighted by Gasteiger charge is -2.04. The molecule has 5 nitrogen and oxygen atoms in total. The summed E-state index contributed by atoms with van der Waals surface area (Å²) in [5.74, 6) is 1.13.